The van der Waals surface area contributed by atoms with Crippen LogP contribution in [0.15, 0.2) is 51.8 Å². The molecule has 0 saturated heterocycles. The van der Waals surface area contributed by atoms with Gasteiger partial charge in [-0.05, 0) is 19.1 Å². The number of aryl methyl sites for hydroxylation is 2. The zero-order chi connectivity index (χ0) is 20.1. The molecule has 0 fully saturated rings. The second kappa shape index (κ2) is 6.16. The molecule has 0 saturated carbocycles. The van der Waals surface area contributed by atoms with Crippen molar-refractivity contribution in [3.05, 3.63) is 64.4 Å². The Morgan fingerprint density at radius 1 is 1.24 bits per heavy atom. The molecule has 0 radical (unpaired) electrons. The van der Waals surface area contributed by atoms with E-state index in [4.69, 9.17) is 4.42 Å². The maximum Gasteiger partial charge on any atom is 0.292 e. The number of carbonyl (C=O) groups is 1. The van der Waals surface area contributed by atoms with E-state index in [0.717, 1.165) is 5.39 Å². The van der Waals surface area contributed by atoms with Crippen LogP contribution in [0.5, 0.6) is 0 Å². The molecular weight excluding hydrogens is 374 g/mol. The molecular formula is C19H15N7O3. The highest BCUT2D eigenvalue weighted by Gasteiger charge is 2.18. The number of hydrogen-bond donors (Lipinski definition) is 2. The molecule has 2 N–H and O–H groups in total. The molecule has 0 aliphatic carbocycles. The third-order valence-electron chi connectivity index (χ3n) is 4.51. The number of aromatic amines is 1. The predicted molar refractivity (Wildman–Crippen MR) is 105 cm³/mol. The van der Waals surface area contributed by atoms with Crippen molar-refractivity contribution in [2.45, 2.75) is 6.92 Å². The maximum atomic E-state index is 12.7. The lowest BCUT2D eigenvalue weighted by atomic mass is 10.2. The van der Waals surface area contributed by atoms with Crippen LogP contribution >= 0.6 is 0 Å². The molecule has 0 aliphatic rings. The van der Waals surface area contributed by atoms with Crippen molar-refractivity contribution in [1.29, 1.82) is 0 Å². The van der Waals surface area contributed by atoms with Crippen LogP contribution in [0.4, 0.5) is 5.82 Å². The van der Waals surface area contributed by atoms with Gasteiger partial charge in [-0.2, -0.15) is 19.9 Å². The van der Waals surface area contributed by atoms with Crippen LogP contribution in [-0.2, 0) is 7.05 Å². The number of hydrogen-bond acceptors (Lipinski definition) is 6. The van der Waals surface area contributed by atoms with E-state index in [1.54, 1.807) is 32.2 Å². The van der Waals surface area contributed by atoms with Crippen LogP contribution in [-0.4, -0.2) is 35.4 Å². The largest absolute Gasteiger partial charge is 0.451 e. The molecule has 4 aromatic heterocycles. The number of aromatic nitrogens is 6. The van der Waals surface area contributed by atoms with Gasteiger partial charge >= 0.3 is 0 Å². The Labute approximate surface area is 162 Å². The summed E-state index contributed by atoms with van der Waals surface area (Å²) in [5, 5.41) is 12.4. The van der Waals surface area contributed by atoms with Gasteiger partial charge in [0.25, 0.3) is 11.5 Å². The lowest BCUT2D eigenvalue weighted by Crippen LogP contribution is -2.18. The van der Waals surface area contributed by atoms with Crippen LogP contribution < -0.4 is 10.9 Å². The van der Waals surface area contributed by atoms with Crippen LogP contribution in [0.25, 0.3) is 28.0 Å². The Kier molecular flexibility index (Phi) is 3.60. The molecule has 0 unspecified atom stereocenters. The van der Waals surface area contributed by atoms with Gasteiger partial charge in [-0.3, -0.25) is 19.3 Å². The van der Waals surface area contributed by atoms with Crippen LogP contribution in [0.1, 0.15) is 16.2 Å². The van der Waals surface area contributed by atoms with Gasteiger partial charge in [0, 0.05) is 18.5 Å². The molecule has 0 spiro atoms. The van der Waals surface area contributed by atoms with E-state index in [1.165, 1.54) is 15.6 Å². The van der Waals surface area contributed by atoms with Gasteiger partial charge in [0.15, 0.2) is 11.4 Å². The highest BCUT2D eigenvalue weighted by atomic mass is 16.3. The number of para-hydroxylation sites is 1. The Hall–Kier alpha value is -4.21. The first-order valence-corrected chi connectivity index (χ1v) is 8.78. The Morgan fingerprint density at radius 3 is 2.90 bits per heavy atom. The van der Waals surface area contributed by atoms with Gasteiger partial charge in [0.2, 0.25) is 5.95 Å². The summed E-state index contributed by atoms with van der Waals surface area (Å²) < 4.78 is 8.47. The van der Waals surface area contributed by atoms with Gasteiger partial charge < -0.3 is 9.73 Å². The minimum absolute atomic E-state index is 0.166. The molecule has 1 aromatic carbocycles. The second-order valence-electron chi connectivity index (χ2n) is 6.58. The number of fused-ring (bicyclic) bond motifs is 2. The quantitative estimate of drug-likeness (QED) is 0.487. The van der Waals surface area contributed by atoms with Crippen molar-refractivity contribution in [3.63, 3.8) is 0 Å². The SMILES string of the molecule is Cc1cc(NC(=O)c2cc3ccccc3o2)n(-c2nc3c(cnn3C)c(=O)[nH]2)n1. The smallest absolute Gasteiger partial charge is 0.292 e. The molecule has 144 valence electrons. The van der Waals surface area contributed by atoms with Crippen molar-refractivity contribution in [2.24, 2.45) is 7.05 Å². The van der Waals surface area contributed by atoms with E-state index in [9.17, 15) is 9.59 Å². The first-order valence-electron chi connectivity index (χ1n) is 8.78. The fourth-order valence-electron chi connectivity index (χ4n) is 3.14. The van der Waals surface area contributed by atoms with Crippen molar-refractivity contribution < 1.29 is 9.21 Å². The summed E-state index contributed by atoms with van der Waals surface area (Å²) in [5.74, 6) is 0.239. The van der Waals surface area contributed by atoms with Gasteiger partial charge in [0.1, 0.15) is 16.8 Å². The topological polar surface area (TPSA) is 124 Å². The summed E-state index contributed by atoms with van der Waals surface area (Å²) in [7, 11) is 1.69. The highest BCUT2D eigenvalue weighted by molar-refractivity contribution is 6.04. The summed E-state index contributed by atoms with van der Waals surface area (Å²) in [4.78, 5) is 32.2. The van der Waals surface area contributed by atoms with E-state index in [0.29, 0.717) is 28.1 Å². The Morgan fingerprint density at radius 2 is 2.07 bits per heavy atom. The molecule has 5 rings (SSSR count). The minimum atomic E-state index is -0.439. The molecule has 0 atom stereocenters. The van der Waals surface area contributed by atoms with Gasteiger partial charge in [-0.15, -0.1) is 0 Å². The number of nitrogens with one attached hydrogen (secondary N) is 2. The van der Waals surface area contributed by atoms with Crippen LogP contribution in [0.3, 0.4) is 0 Å². The van der Waals surface area contributed by atoms with E-state index < -0.39 is 5.91 Å². The monoisotopic (exact) mass is 389 g/mol. The number of carbonyl (C=O) groups excluding carboxylic acids is 1. The van der Waals surface area contributed by atoms with Gasteiger partial charge in [-0.25, -0.2) is 0 Å². The van der Waals surface area contributed by atoms with Crippen LogP contribution in [0, 0.1) is 6.92 Å². The minimum Gasteiger partial charge on any atom is -0.451 e. The first kappa shape index (κ1) is 16.9. The Bertz CT molecular complexity index is 1420. The zero-order valence-corrected chi connectivity index (χ0v) is 15.5. The number of furan rings is 1. The third-order valence-corrected chi connectivity index (χ3v) is 4.51. The summed E-state index contributed by atoms with van der Waals surface area (Å²) in [6.07, 6.45) is 1.45. The molecule has 5 aromatic rings. The second-order valence-corrected chi connectivity index (χ2v) is 6.58. The number of amides is 1. The maximum absolute atomic E-state index is 12.7. The number of nitrogens with zero attached hydrogens (tertiary/aromatic N) is 5. The first-order chi connectivity index (χ1) is 14.0. The fraction of sp³-hybridized carbons (Fsp3) is 0.105. The zero-order valence-electron chi connectivity index (χ0n) is 15.5. The number of anilines is 1. The molecule has 0 bridgehead atoms. The molecule has 10 nitrogen and oxygen atoms in total. The lowest BCUT2D eigenvalue weighted by Gasteiger charge is -2.07. The number of H-pyrrole nitrogens is 1. The summed E-state index contributed by atoms with van der Waals surface area (Å²) >= 11 is 0. The predicted octanol–water partition coefficient (Wildman–Crippen LogP) is 2.15. The standard InChI is InChI=1S/C19H15N7O3/c1-10-7-15(21-18(28)14-8-11-5-3-4-6-13(11)29-14)26(24-10)19-22-16-12(17(27)23-19)9-20-25(16)2/h3-9H,1-2H3,(H,21,28)(H,22,23,27). The van der Waals surface area contributed by atoms with E-state index in [1.807, 2.05) is 18.2 Å². The normalized spacial score (nSPS) is 11.4. The van der Waals surface area contributed by atoms with E-state index >= 15 is 0 Å². The molecule has 0 aliphatic heterocycles. The van der Waals surface area contributed by atoms with Crippen molar-refractivity contribution >= 4 is 33.7 Å². The van der Waals surface area contributed by atoms with Crippen LogP contribution in [0.2, 0.25) is 0 Å². The average molecular weight is 389 g/mol. The van der Waals surface area contributed by atoms with Gasteiger partial charge in [0.05, 0.1) is 11.9 Å². The third kappa shape index (κ3) is 2.78. The van der Waals surface area contributed by atoms with Crippen molar-refractivity contribution in [2.75, 3.05) is 5.32 Å². The highest BCUT2D eigenvalue weighted by Crippen LogP contribution is 2.21. The number of benzene rings is 1. The summed E-state index contributed by atoms with van der Waals surface area (Å²) in [6.45, 7) is 1.77. The average Bonchev–Trinajstić information content (AvgIpc) is 3.39. The lowest BCUT2D eigenvalue weighted by molar-refractivity contribution is 0.0998. The van der Waals surface area contributed by atoms with Crippen molar-refractivity contribution in [3.8, 4) is 5.95 Å². The molecule has 10 heteroatoms. The van der Waals surface area contributed by atoms with Gasteiger partial charge in [-0.1, -0.05) is 18.2 Å². The summed E-state index contributed by atoms with van der Waals surface area (Å²) in [6, 6.07) is 10.7. The Balaban J connectivity index is 1.55. The van der Waals surface area contributed by atoms with Crippen molar-refractivity contribution in [1.82, 2.24) is 29.5 Å². The summed E-state index contributed by atoms with van der Waals surface area (Å²) in [5.41, 5.74) is 1.32. The molecule has 29 heavy (non-hydrogen) atoms. The molecule has 1 amide bonds. The molecule has 4 heterocycles. The van der Waals surface area contributed by atoms with E-state index in [2.05, 4.69) is 25.5 Å². The fourth-order valence-corrected chi connectivity index (χ4v) is 3.14. The number of rotatable bonds is 3. The van der Waals surface area contributed by atoms with E-state index in [-0.39, 0.29) is 17.3 Å².